The number of aromatic nitrogens is 2. The third-order valence-corrected chi connectivity index (χ3v) is 4.95. The Kier molecular flexibility index (Phi) is 6.24. The van der Waals surface area contributed by atoms with Crippen LogP contribution in [0.4, 0.5) is 10.1 Å². The van der Waals surface area contributed by atoms with Crippen molar-refractivity contribution in [2.75, 3.05) is 11.9 Å². The molecule has 1 aliphatic heterocycles. The van der Waals surface area contributed by atoms with Crippen LogP contribution in [-0.4, -0.2) is 22.6 Å². The monoisotopic (exact) mass is 430 g/mol. The molecule has 0 saturated heterocycles. The lowest BCUT2D eigenvalue weighted by Gasteiger charge is -2.19. The largest absolute Gasteiger partial charge is 0.334 e. The summed E-state index contributed by atoms with van der Waals surface area (Å²) < 4.78 is 20.3. The van der Waals surface area contributed by atoms with Crippen molar-refractivity contribution in [2.24, 2.45) is 0 Å². The van der Waals surface area contributed by atoms with E-state index in [1.165, 1.54) is 0 Å². The van der Waals surface area contributed by atoms with Gasteiger partial charge in [-0.25, -0.2) is 4.39 Å². The molecule has 0 spiro atoms. The van der Waals surface area contributed by atoms with Crippen LogP contribution in [0, 0.1) is 5.82 Å². The van der Waals surface area contributed by atoms with Gasteiger partial charge < -0.3 is 15.2 Å². The highest BCUT2D eigenvalue weighted by Crippen LogP contribution is 2.28. The maximum absolute atomic E-state index is 14.9. The zero-order chi connectivity index (χ0) is 20.6. The topological polar surface area (TPSA) is 80.0 Å². The molecule has 2 heterocycles. The van der Waals surface area contributed by atoms with Crippen LogP contribution >= 0.6 is 12.4 Å². The molecule has 0 aliphatic carbocycles. The van der Waals surface area contributed by atoms with Crippen LogP contribution in [0.2, 0.25) is 0 Å². The van der Waals surface area contributed by atoms with Crippen LogP contribution in [0.25, 0.3) is 11.5 Å². The number of hydrogen-bond donors (Lipinski definition) is 2. The van der Waals surface area contributed by atoms with Crippen LogP contribution < -0.4 is 10.6 Å². The zero-order valence-electron chi connectivity index (χ0n) is 17.1. The van der Waals surface area contributed by atoms with Crippen molar-refractivity contribution in [2.45, 2.75) is 39.2 Å². The van der Waals surface area contributed by atoms with Crippen molar-refractivity contribution in [3.8, 4) is 11.5 Å². The molecule has 0 saturated carbocycles. The van der Waals surface area contributed by atoms with Gasteiger partial charge in [0.2, 0.25) is 0 Å². The van der Waals surface area contributed by atoms with Crippen LogP contribution in [0.1, 0.15) is 48.1 Å². The summed E-state index contributed by atoms with van der Waals surface area (Å²) in [6.45, 7) is 7.30. The number of rotatable bonds is 3. The molecule has 6 nitrogen and oxygen atoms in total. The molecule has 0 unspecified atom stereocenters. The minimum Gasteiger partial charge on any atom is -0.334 e. The number of hydrogen-bond acceptors (Lipinski definition) is 5. The van der Waals surface area contributed by atoms with Crippen molar-refractivity contribution in [3.05, 3.63) is 64.7 Å². The van der Waals surface area contributed by atoms with E-state index >= 15 is 0 Å². The number of carbonyl (C=O) groups excluding carboxylic acids is 1. The Morgan fingerprint density at radius 1 is 1.20 bits per heavy atom. The van der Waals surface area contributed by atoms with Gasteiger partial charge >= 0.3 is 0 Å². The summed E-state index contributed by atoms with van der Waals surface area (Å²) in [5, 5.41) is 9.94. The van der Waals surface area contributed by atoms with Crippen LogP contribution in [-0.2, 0) is 18.4 Å². The first-order chi connectivity index (χ1) is 13.8. The fourth-order valence-corrected chi connectivity index (χ4v) is 3.32. The predicted molar refractivity (Wildman–Crippen MR) is 115 cm³/mol. The lowest BCUT2D eigenvalue weighted by atomic mass is 9.96. The summed E-state index contributed by atoms with van der Waals surface area (Å²) in [5.74, 6) is 0.0150. The van der Waals surface area contributed by atoms with Gasteiger partial charge in [-0.15, -0.1) is 12.4 Å². The molecule has 8 heteroatoms. The Morgan fingerprint density at radius 2 is 1.97 bits per heavy atom. The number of anilines is 1. The molecule has 1 aliphatic rings. The predicted octanol–water partition coefficient (Wildman–Crippen LogP) is 4.49. The number of nitrogens with zero attached hydrogens (tertiary/aromatic N) is 2. The third-order valence-electron chi connectivity index (χ3n) is 4.95. The van der Waals surface area contributed by atoms with Gasteiger partial charge in [-0.3, -0.25) is 4.79 Å². The van der Waals surface area contributed by atoms with Gasteiger partial charge in [-0.05, 0) is 42.3 Å². The van der Waals surface area contributed by atoms with Crippen molar-refractivity contribution >= 4 is 24.0 Å². The minimum atomic E-state index is -0.427. The second-order valence-electron chi connectivity index (χ2n) is 8.16. The molecule has 158 valence electrons. The van der Waals surface area contributed by atoms with E-state index < -0.39 is 5.91 Å². The third kappa shape index (κ3) is 4.22. The Hall–Kier alpha value is -2.77. The van der Waals surface area contributed by atoms with Gasteiger partial charge in [0.15, 0.2) is 5.82 Å². The van der Waals surface area contributed by atoms with Gasteiger partial charge in [-0.1, -0.05) is 44.1 Å². The van der Waals surface area contributed by atoms with E-state index in [9.17, 15) is 9.18 Å². The van der Waals surface area contributed by atoms with Crippen molar-refractivity contribution in [3.63, 3.8) is 0 Å². The number of amides is 1. The molecule has 2 aromatic carbocycles. The quantitative estimate of drug-likeness (QED) is 0.639. The Bertz CT molecular complexity index is 1080. The maximum Gasteiger partial charge on any atom is 0.258 e. The second kappa shape index (κ2) is 8.53. The molecule has 0 radical (unpaired) electrons. The number of carbonyl (C=O) groups is 1. The molecule has 1 aromatic heterocycles. The van der Waals surface area contributed by atoms with Gasteiger partial charge in [0, 0.05) is 12.0 Å². The molecule has 4 rings (SSSR count). The normalized spacial score (nSPS) is 13.3. The molecular formula is C22H24ClFN4O2. The average Bonchev–Trinajstić information content (AvgIpc) is 3.21. The highest BCUT2D eigenvalue weighted by Gasteiger charge is 2.24. The van der Waals surface area contributed by atoms with Crippen LogP contribution in [0.5, 0.6) is 0 Å². The van der Waals surface area contributed by atoms with Gasteiger partial charge in [-0.2, -0.15) is 4.98 Å². The van der Waals surface area contributed by atoms with E-state index in [4.69, 9.17) is 4.52 Å². The smallest absolute Gasteiger partial charge is 0.258 e. The summed E-state index contributed by atoms with van der Waals surface area (Å²) >= 11 is 0. The highest BCUT2D eigenvalue weighted by molar-refractivity contribution is 6.08. The number of benzene rings is 2. The van der Waals surface area contributed by atoms with Gasteiger partial charge in [0.25, 0.3) is 11.8 Å². The molecule has 1 amide bonds. The van der Waals surface area contributed by atoms with E-state index in [0.717, 1.165) is 12.1 Å². The number of fused-ring (bicyclic) bond motifs is 1. The number of halogens is 2. The first-order valence-electron chi connectivity index (χ1n) is 9.60. The van der Waals surface area contributed by atoms with E-state index in [-0.39, 0.29) is 35.2 Å². The van der Waals surface area contributed by atoms with Crippen molar-refractivity contribution in [1.29, 1.82) is 0 Å². The molecule has 0 fully saturated rings. The molecule has 0 atom stereocenters. The Labute approximate surface area is 180 Å². The van der Waals surface area contributed by atoms with E-state index in [1.54, 1.807) is 30.3 Å². The van der Waals surface area contributed by atoms with Gasteiger partial charge in [0.1, 0.15) is 5.82 Å². The van der Waals surface area contributed by atoms with E-state index in [2.05, 4.69) is 20.8 Å². The molecule has 2 N–H and O–H groups in total. The standard InChI is InChI=1S/C22H23FN4O2.ClH/c1-22(2,3)21-26-20(29-27-21)16-7-5-4-6-15(16)19(28)25-17-9-8-13-12-24-11-10-14(13)18(17)23;/h4-9,24H,10-12H2,1-3H3,(H,25,28);1H. The summed E-state index contributed by atoms with van der Waals surface area (Å²) in [6, 6.07) is 10.4. The second-order valence-corrected chi connectivity index (χ2v) is 8.16. The fourth-order valence-electron chi connectivity index (χ4n) is 3.32. The van der Waals surface area contributed by atoms with Crippen molar-refractivity contribution in [1.82, 2.24) is 15.5 Å². The Balaban J connectivity index is 0.00000256. The summed E-state index contributed by atoms with van der Waals surface area (Å²) in [4.78, 5) is 17.4. The van der Waals surface area contributed by atoms with Crippen molar-refractivity contribution < 1.29 is 13.7 Å². The average molecular weight is 431 g/mol. The molecule has 3 aromatic rings. The lowest BCUT2D eigenvalue weighted by molar-refractivity contribution is 0.102. The first kappa shape index (κ1) is 21.9. The van der Waals surface area contributed by atoms with Gasteiger partial charge in [0.05, 0.1) is 16.8 Å². The van der Waals surface area contributed by atoms with E-state index in [1.807, 2.05) is 26.8 Å². The molecule has 30 heavy (non-hydrogen) atoms. The minimum absolute atomic E-state index is 0. The fraction of sp³-hybridized carbons (Fsp3) is 0.318. The first-order valence-corrected chi connectivity index (χ1v) is 9.60. The highest BCUT2D eigenvalue weighted by atomic mass is 35.5. The maximum atomic E-state index is 14.9. The van der Waals surface area contributed by atoms with E-state index in [0.29, 0.717) is 35.5 Å². The summed E-state index contributed by atoms with van der Waals surface area (Å²) in [6.07, 6.45) is 0.596. The SMILES string of the molecule is CC(C)(C)c1noc(-c2ccccc2C(=O)Nc2ccc3c(c2F)CCNC3)n1.Cl. The molecular weight excluding hydrogens is 407 g/mol. The summed E-state index contributed by atoms with van der Waals surface area (Å²) in [7, 11) is 0. The lowest BCUT2D eigenvalue weighted by Crippen LogP contribution is -2.25. The Morgan fingerprint density at radius 3 is 2.70 bits per heavy atom. The molecule has 0 bridgehead atoms. The summed E-state index contributed by atoms with van der Waals surface area (Å²) in [5.41, 5.74) is 2.33. The van der Waals surface area contributed by atoms with Crippen LogP contribution in [0.3, 0.4) is 0 Å². The van der Waals surface area contributed by atoms with Crippen LogP contribution in [0.15, 0.2) is 40.9 Å². The zero-order valence-corrected chi connectivity index (χ0v) is 17.9. The number of nitrogens with one attached hydrogen (secondary N) is 2.